The summed E-state index contributed by atoms with van der Waals surface area (Å²) in [6.07, 6.45) is 0.372. The highest BCUT2D eigenvalue weighted by Gasteiger charge is 2.16. The van der Waals surface area contributed by atoms with Crippen molar-refractivity contribution in [1.82, 2.24) is 0 Å². The predicted octanol–water partition coefficient (Wildman–Crippen LogP) is 4.63. The van der Waals surface area contributed by atoms with Gasteiger partial charge in [-0.15, -0.1) is 0 Å². The van der Waals surface area contributed by atoms with Crippen LogP contribution < -0.4 is 21.2 Å². The Labute approximate surface area is 173 Å². The van der Waals surface area contributed by atoms with Gasteiger partial charge in [-0.1, -0.05) is 103 Å². The monoisotopic (exact) mass is 395 g/mol. The summed E-state index contributed by atoms with van der Waals surface area (Å²) in [7, 11) is -0.687. The molecule has 0 saturated heterocycles. The van der Waals surface area contributed by atoms with E-state index in [4.69, 9.17) is 0 Å². The van der Waals surface area contributed by atoms with Crippen LogP contribution in [0.25, 0.3) is 0 Å². The Morgan fingerprint density at radius 2 is 1.14 bits per heavy atom. The third-order valence-electron chi connectivity index (χ3n) is 4.62. The second-order valence-electron chi connectivity index (χ2n) is 6.77. The van der Waals surface area contributed by atoms with Crippen molar-refractivity contribution in [1.29, 1.82) is 0 Å². The Bertz CT molecular complexity index is 1030. The minimum atomic E-state index is -0.687. The Morgan fingerprint density at radius 3 is 1.72 bits per heavy atom. The Kier molecular flexibility index (Phi) is 6.14. The van der Waals surface area contributed by atoms with Crippen molar-refractivity contribution in [2.45, 2.75) is 6.42 Å². The van der Waals surface area contributed by atoms with Crippen molar-refractivity contribution >= 4 is 35.4 Å². The van der Waals surface area contributed by atoms with Crippen molar-refractivity contribution in [3.05, 3.63) is 121 Å². The highest BCUT2D eigenvalue weighted by Crippen LogP contribution is 2.33. The smallest absolute Gasteiger partial charge is 0.228 e. The first-order valence-corrected chi connectivity index (χ1v) is 11.0. The summed E-state index contributed by atoms with van der Waals surface area (Å²) < 4.78 is 0. The molecule has 0 fully saturated rings. The van der Waals surface area contributed by atoms with Gasteiger partial charge >= 0.3 is 0 Å². The van der Waals surface area contributed by atoms with Crippen molar-refractivity contribution < 1.29 is 4.79 Å². The molecule has 0 aliphatic heterocycles. The average molecular weight is 395 g/mol. The van der Waals surface area contributed by atoms with Crippen LogP contribution >= 0.6 is 7.92 Å². The predicted molar refractivity (Wildman–Crippen MR) is 124 cm³/mol. The number of amides is 1. The molecule has 0 spiro atoms. The second kappa shape index (κ2) is 9.32. The van der Waals surface area contributed by atoms with Gasteiger partial charge in [-0.05, 0) is 41.5 Å². The lowest BCUT2D eigenvalue weighted by atomic mass is 10.1. The van der Waals surface area contributed by atoms with Crippen LogP contribution in [0.1, 0.15) is 5.56 Å². The fourth-order valence-corrected chi connectivity index (χ4v) is 5.65. The molecule has 2 nitrogen and oxygen atoms in total. The summed E-state index contributed by atoms with van der Waals surface area (Å²) in [5, 5.41) is 6.86. The standard InChI is InChI=1S/C26H22NOP/c28-26(19-21-11-4-1-5-12-21)27-22-13-10-18-25(20-22)29(23-14-6-2-7-15-23)24-16-8-3-9-17-24/h1-18,20H,19H2,(H,27,28). The number of carbonyl (C=O) groups excluding carboxylic acids is 1. The lowest BCUT2D eigenvalue weighted by Crippen LogP contribution is -2.21. The maximum Gasteiger partial charge on any atom is 0.228 e. The van der Waals surface area contributed by atoms with E-state index >= 15 is 0 Å². The summed E-state index contributed by atoms with van der Waals surface area (Å²) in [5.74, 6) is -0.00269. The maximum atomic E-state index is 12.5. The summed E-state index contributed by atoms with van der Waals surface area (Å²) in [5.41, 5.74) is 1.85. The van der Waals surface area contributed by atoms with Crippen molar-refractivity contribution in [3.8, 4) is 0 Å². The minimum absolute atomic E-state index is 0.00269. The van der Waals surface area contributed by atoms with Gasteiger partial charge in [0.05, 0.1) is 6.42 Å². The van der Waals surface area contributed by atoms with E-state index in [2.05, 4.69) is 66.0 Å². The number of hydrogen-bond donors (Lipinski definition) is 1. The van der Waals surface area contributed by atoms with E-state index in [1.807, 2.05) is 54.6 Å². The van der Waals surface area contributed by atoms with Crippen LogP contribution in [-0.2, 0) is 11.2 Å². The Morgan fingerprint density at radius 1 is 0.621 bits per heavy atom. The molecule has 4 aromatic rings. The molecule has 0 bridgehead atoms. The molecule has 0 atom stereocenters. The molecular formula is C26H22NOP. The highest BCUT2D eigenvalue weighted by molar-refractivity contribution is 7.79. The Hall–Kier alpha value is -3.22. The van der Waals surface area contributed by atoms with E-state index in [-0.39, 0.29) is 5.91 Å². The number of nitrogens with one attached hydrogen (secondary N) is 1. The molecule has 0 aliphatic rings. The lowest BCUT2D eigenvalue weighted by Gasteiger charge is -2.20. The van der Waals surface area contributed by atoms with Crippen LogP contribution in [-0.4, -0.2) is 5.91 Å². The lowest BCUT2D eigenvalue weighted by molar-refractivity contribution is -0.115. The third kappa shape index (κ3) is 4.99. The molecular weight excluding hydrogens is 373 g/mol. The quantitative estimate of drug-likeness (QED) is 0.474. The van der Waals surface area contributed by atoms with Gasteiger partial charge in [-0.25, -0.2) is 0 Å². The summed E-state index contributed by atoms with van der Waals surface area (Å²) in [4.78, 5) is 12.5. The van der Waals surface area contributed by atoms with Gasteiger partial charge in [-0.2, -0.15) is 0 Å². The SMILES string of the molecule is O=C(Cc1ccccc1)Nc1cccc(P(c2ccccc2)c2ccccc2)c1. The zero-order valence-electron chi connectivity index (χ0n) is 16.0. The summed E-state index contributed by atoms with van der Waals surface area (Å²) in [6, 6.07) is 39.2. The molecule has 1 N–H and O–H groups in total. The van der Waals surface area contributed by atoms with Gasteiger partial charge < -0.3 is 5.32 Å². The van der Waals surface area contributed by atoms with Crippen LogP contribution in [0.15, 0.2) is 115 Å². The summed E-state index contributed by atoms with van der Waals surface area (Å²) in [6.45, 7) is 0. The fraction of sp³-hybridized carbons (Fsp3) is 0.0385. The van der Waals surface area contributed by atoms with E-state index in [1.54, 1.807) is 0 Å². The Balaban J connectivity index is 1.61. The van der Waals surface area contributed by atoms with Gasteiger partial charge in [0, 0.05) is 5.69 Å². The molecule has 0 aliphatic carbocycles. The van der Waals surface area contributed by atoms with E-state index in [0.717, 1.165) is 11.3 Å². The zero-order valence-corrected chi connectivity index (χ0v) is 16.9. The molecule has 0 heterocycles. The first-order chi connectivity index (χ1) is 14.3. The van der Waals surface area contributed by atoms with E-state index in [0.29, 0.717) is 6.42 Å². The number of anilines is 1. The van der Waals surface area contributed by atoms with Gasteiger partial charge in [0.1, 0.15) is 0 Å². The number of carbonyl (C=O) groups is 1. The maximum absolute atomic E-state index is 12.5. The van der Waals surface area contributed by atoms with Crippen molar-refractivity contribution in [3.63, 3.8) is 0 Å². The van der Waals surface area contributed by atoms with E-state index in [9.17, 15) is 4.79 Å². The normalized spacial score (nSPS) is 10.7. The first kappa shape index (κ1) is 19.1. The molecule has 29 heavy (non-hydrogen) atoms. The molecule has 142 valence electrons. The summed E-state index contributed by atoms with van der Waals surface area (Å²) >= 11 is 0. The molecule has 1 amide bonds. The largest absolute Gasteiger partial charge is 0.326 e. The zero-order chi connectivity index (χ0) is 19.9. The van der Waals surface area contributed by atoms with Crippen LogP contribution in [0.5, 0.6) is 0 Å². The van der Waals surface area contributed by atoms with Crippen molar-refractivity contribution in [2.24, 2.45) is 0 Å². The minimum Gasteiger partial charge on any atom is -0.326 e. The second-order valence-corrected chi connectivity index (χ2v) is 8.99. The molecule has 4 aromatic carbocycles. The molecule has 0 aromatic heterocycles. The van der Waals surface area contributed by atoms with Crippen LogP contribution in [0.3, 0.4) is 0 Å². The van der Waals surface area contributed by atoms with Gasteiger partial charge in [-0.3, -0.25) is 4.79 Å². The number of rotatable bonds is 6. The third-order valence-corrected chi connectivity index (χ3v) is 7.05. The van der Waals surface area contributed by atoms with Crippen molar-refractivity contribution in [2.75, 3.05) is 5.32 Å². The molecule has 0 saturated carbocycles. The van der Waals surface area contributed by atoms with E-state index in [1.165, 1.54) is 15.9 Å². The molecule has 0 radical (unpaired) electrons. The molecule has 4 rings (SSSR count). The van der Waals surface area contributed by atoms with Crippen LogP contribution in [0, 0.1) is 0 Å². The average Bonchev–Trinajstić information content (AvgIpc) is 2.76. The number of benzene rings is 4. The fourth-order valence-electron chi connectivity index (χ4n) is 3.31. The number of hydrogen-bond acceptors (Lipinski definition) is 1. The topological polar surface area (TPSA) is 29.1 Å². The van der Waals surface area contributed by atoms with Crippen LogP contribution in [0.4, 0.5) is 5.69 Å². The van der Waals surface area contributed by atoms with Crippen LogP contribution in [0.2, 0.25) is 0 Å². The highest BCUT2D eigenvalue weighted by atomic mass is 31.1. The first-order valence-electron chi connectivity index (χ1n) is 9.64. The van der Waals surface area contributed by atoms with Gasteiger partial charge in [0.25, 0.3) is 0 Å². The molecule has 0 unspecified atom stereocenters. The molecule has 3 heteroatoms. The van der Waals surface area contributed by atoms with Gasteiger partial charge in [0.15, 0.2) is 0 Å². The van der Waals surface area contributed by atoms with E-state index < -0.39 is 7.92 Å². The van der Waals surface area contributed by atoms with Gasteiger partial charge in [0.2, 0.25) is 5.91 Å².